The van der Waals surface area contributed by atoms with Crippen LogP contribution >= 0.6 is 0 Å². The predicted octanol–water partition coefficient (Wildman–Crippen LogP) is 2.58. The number of nitrogens with zero attached hydrogens (tertiary/aromatic N) is 1. The Morgan fingerprint density at radius 2 is 1.95 bits per heavy atom. The maximum Gasteiger partial charge on any atom is 0.227 e. The molecule has 3 rings (SSSR count). The van der Waals surface area contributed by atoms with Gasteiger partial charge in [-0.25, -0.2) is 0 Å². The molecule has 1 saturated heterocycles. The molecule has 2 atom stereocenters. The first kappa shape index (κ1) is 14.1. The summed E-state index contributed by atoms with van der Waals surface area (Å²) in [5.74, 6) is 0.679. The van der Waals surface area contributed by atoms with Crippen LogP contribution < -0.4 is 5.73 Å². The van der Waals surface area contributed by atoms with Gasteiger partial charge in [0.05, 0.1) is 6.42 Å². The van der Waals surface area contributed by atoms with Crippen LogP contribution in [0.1, 0.15) is 18.9 Å². The van der Waals surface area contributed by atoms with E-state index in [-0.39, 0.29) is 11.9 Å². The number of amides is 1. The Hall–Kier alpha value is -1.87. The Balaban J connectivity index is 1.80. The van der Waals surface area contributed by atoms with Crippen LogP contribution in [-0.2, 0) is 11.2 Å². The molecule has 0 saturated carbocycles. The normalized spacial score (nSPS) is 22.5. The largest absolute Gasteiger partial charge is 0.341 e. The molecular weight excluding hydrogens is 260 g/mol. The van der Waals surface area contributed by atoms with Gasteiger partial charge in [-0.3, -0.25) is 4.79 Å². The van der Waals surface area contributed by atoms with E-state index >= 15 is 0 Å². The first-order valence-corrected chi connectivity index (χ1v) is 7.63. The number of piperidine rings is 1. The van der Waals surface area contributed by atoms with Crippen LogP contribution in [0.15, 0.2) is 42.5 Å². The molecule has 3 nitrogen and oxygen atoms in total. The summed E-state index contributed by atoms with van der Waals surface area (Å²) in [5, 5.41) is 2.36. The van der Waals surface area contributed by atoms with E-state index in [1.54, 1.807) is 0 Å². The minimum absolute atomic E-state index is 0.116. The molecule has 0 aliphatic carbocycles. The van der Waals surface area contributed by atoms with E-state index in [9.17, 15) is 4.79 Å². The molecule has 0 spiro atoms. The molecule has 1 aliphatic rings. The lowest BCUT2D eigenvalue weighted by atomic mass is 9.95. The summed E-state index contributed by atoms with van der Waals surface area (Å²) in [5.41, 5.74) is 7.15. The molecular formula is C18H22N2O. The zero-order valence-corrected chi connectivity index (χ0v) is 12.5. The van der Waals surface area contributed by atoms with Gasteiger partial charge in [-0.1, -0.05) is 49.4 Å². The van der Waals surface area contributed by atoms with Gasteiger partial charge in [-0.05, 0) is 28.7 Å². The lowest BCUT2D eigenvalue weighted by Crippen LogP contribution is -2.49. The highest BCUT2D eigenvalue weighted by Crippen LogP contribution is 2.21. The van der Waals surface area contributed by atoms with Gasteiger partial charge < -0.3 is 10.6 Å². The number of hydrogen-bond donors (Lipinski definition) is 1. The Kier molecular flexibility index (Phi) is 3.93. The van der Waals surface area contributed by atoms with Crippen LogP contribution in [0.5, 0.6) is 0 Å². The first-order valence-electron chi connectivity index (χ1n) is 7.63. The van der Waals surface area contributed by atoms with Gasteiger partial charge in [-0.15, -0.1) is 0 Å². The highest BCUT2D eigenvalue weighted by atomic mass is 16.2. The number of benzene rings is 2. The van der Waals surface area contributed by atoms with E-state index in [0.717, 1.165) is 18.5 Å². The van der Waals surface area contributed by atoms with Crippen LogP contribution in [0.4, 0.5) is 0 Å². The average Bonchev–Trinajstić information content (AvgIpc) is 2.46. The van der Waals surface area contributed by atoms with Crippen LogP contribution in [0.2, 0.25) is 0 Å². The average molecular weight is 282 g/mol. The summed E-state index contributed by atoms with van der Waals surface area (Å²) < 4.78 is 0. The fourth-order valence-corrected chi connectivity index (χ4v) is 3.32. The van der Waals surface area contributed by atoms with Crippen LogP contribution in [-0.4, -0.2) is 29.9 Å². The molecule has 1 amide bonds. The predicted molar refractivity (Wildman–Crippen MR) is 86.0 cm³/mol. The molecule has 1 fully saturated rings. The molecule has 3 heteroatoms. The number of hydrogen-bond acceptors (Lipinski definition) is 2. The third-order valence-electron chi connectivity index (χ3n) is 4.27. The molecule has 1 aliphatic heterocycles. The number of likely N-dealkylation sites (tertiary alicyclic amines) is 1. The van der Waals surface area contributed by atoms with Crippen molar-refractivity contribution < 1.29 is 4.79 Å². The van der Waals surface area contributed by atoms with Crippen molar-refractivity contribution in [3.63, 3.8) is 0 Å². The fourth-order valence-electron chi connectivity index (χ4n) is 3.32. The monoisotopic (exact) mass is 282 g/mol. The SMILES string of the molecule is CC1CC(N)CN(C(=O)Cc2cccc3ccccc23)C1. The van der Waals surface area contributed by atoms with Crippen molar-refractivity contribution in [2.45, 2.75) is 25.8 Å². The Bertz CT molecular complexity index is 637. The summed E-state index contributed by atoms with van der Waals surface area (Å²) in [6, 6.07) is 14.5. The summed E-state index contributed by atoms with van der Waals surface area (Å²) in [6.07, 6.45) is 1.47. The minimum atomic E-state index is 0.116. The first-order chi connectivity index (χ1) is 10.1. The van der Waals surface area contributed by atoms with Crippen molar-refractivity contribution >= 4 is 16.7 Å². The third kappa shape index (κ3) is 3.08. The molecule has 2 N–H and O–H groups in total. The molecule has 0 aromatic heterocycles. The molecule has 1 heterocycles. The van der Waals surface area contributed by atoms with Gasteiger partial charge >= 0.3 is 0 Å². The van der Waals surface area contributed by atoms with Crippen LogP contribution in [0.25, 0.3) is 10.8 Å². The zero-order chi connectivity index (χ0) is 14.8. The molecule has 2 aromatic rings. The number of nitrogens with two attached hydrogens (primary N) is 1. The standard InChI is InChI=1S/C18H22N2O/c1-13-9-16(19)12-20(11-13)18(21)10-15-7-4-6-14-5-2-3-8-17(14)15/h2-8,13,16H,9-12,19H2,1H3. The van der Waals surface area contributed by atoms with Gasteiger partial charge in [-0.2, -0.15) is 0 Å². The second-order valence-corrected chi connectivity index (χ2v) is 6.21. The van der Waals surface area contributed by atoms with Gasteiger partial charge in [0.25, 0.3) is 0 Å². The van der Waals surface area contributed by atoms with E-state index in [1.165, 1.54) is 10.8 Å². The molecule has 21 heavy (non-hydrogen) atoms. The quantitative estimate of drug-likeness (QED) is 0.920. The molecule has 2 aromatic carbocycles. The Labute approximate surface area is 125 Å². The van der Waals surface area contributed by atoms with Crippen LogP contribution in [0, 0.1) is 5.92 Å². The zero-order valence-electron chi connectivity index (χ0n) is 12.5. The topological polar surface area (TPSA) is 46.3 Å². The second-order valence-electron chi connectivity index (χ2n) is 6.21. The lowest BCUT2D eigenvalue weighted by molar-refractivity contribution is -0.132. The van der Waals surface area contributed by atoms with Crippen molar-refractivity contribution in [3.8, 4) is 0 Å². The van der Waals surface area contributed by atoms with E-state index in [0.29, 0.717) is 18.9 Å². The fraction of sp³-hybridized carbons (Fsp3) is 0.389. The van der Waals surface area contributed by atoms with Crippen molar-refractivity contribution in [1.82, 2.24) is 4.90 Å². The summed E-state index contributed by atoms with van der Waals surface area (Å²) in [6.45, 7) is 3.68. The highest BCUT2D eigenvalue weighted by molar-refractivity contribution is 5.90. The molecule has 0 radical (unpaired) electrons. The van der Waals surface area contributed by atoms with Gasteiger partial charge in [0, 0.05) is 19.1 Å². The summed E-state index contributed by atoms with van der Waals surface area (Å²) in [4.78, 5) is 14.5. The van der Waals surface area contributed by atoms with E-state index in [4.69, 9.17) is 5.73 Å². The number of carbonyl (C=O) groups excluding carboxylic acids is 1. The number of carbonyl (C=O) groups is 1. The Morgan fingerprint density at radius 1 is 1.19 bits per heavy atom. The van der Waals surface area contributed by atoms with Crippen LogP contribution in [0.3, 0.4) is 0 Å². The van der Waals surface area contributed by atoms with Crippen molar-refractivity contribution in [1.29, 1.82) is 0 Å². The number of fused-ring (bicyclic) bond motifs is 1. The summed E-state index contributed by atoms with van der Waals surface area (Å²) >= 11 is 0. The molecule has 0 bridgehead atoms. The number of rotatable bonds is 2. The second kappa shape index (κ2) is 5.86. The van der Waals surface area contributed by atoms with E-state index < -0.39 is 0 Å². The maximum atomic E-state index is 12.6. The smallest absolute Gasteiger partial charge is 0.227 e. The Morgan fingerprint density at radius 3 is 2.76 bits per heavy atom. The highest BCUT2D eigenvalue weighted by Gasteiger charge is 2.25. The van der Waals surface area contributed by atoms with E-state index in [2.05, 4.69) is 25.1 Å². The lowest BCUT2D eigenvalue weighted by Gasteiger charge is -2.35. The van der Waals surface area contributed by atoms with Crippen molar-refractivity contribution in [3.05, 3.63) is 48.0 Å². The minimum Gasteiger partial charge on any atom is -0.341 e. The van der Waals surface area contributed by atoms with Gasteiger partial charge in [0.2, 0.25) is 5.91 Å². The molecule has 110 valence electrons. The maximum absolute atomic E-state index is 12.6. The summed E-state index contributed by atoms with van der Waals surface area (Å²) in [7, 11) is 0. The van der Waals surface area contributed by atoms with E-state index in [1.807, 2.05) is 29.2 Å². The van der Waals surface area contributed by atoms with Crippen molar-refractivity contribution in [2.75, 3.05) is 13.1 Å². The third-order valence-corrected chi connectivity index (χ3v) is 4.27. The van der Waals surface area contributed by atoms with Gasteiger partial charge in [0.15, 0.2) is 0 Å². The van der Waals surface area contributed by atoms with Crippen molar-refractivity contribution in [2.24, 2.45) is 11.7 Å². The van der Waals surface area contributed by atoms with Gasteiger partial charge in [0.1, 0.15) is 0 Å². The molecule has 2 unspecified atom stereocenters.